The molecule has 0 fully saturated rings. The fraction of sp³-hybridized carbons (Fsp3) is 0.0455. The number of para-hydroxylation sites is 1. The Morgan fingerprint density at radius 3 is 2.76 bits per heavy atom. The van der Waals surface area contributed by atoms with Crippen molar-refractivity contribution in [2.24, 2.45) is 0 Å². The third kappa shape index (κ3) is 2.92. The van der Waals surface area contributed by atoms with Gasteiger partial charge in [-0.1, -0.05) is 24.3 Å². The van der Waals surface area contributed by atoms with Crippen LogP contribution in [0, 0.1) is 0 Å². The molecule has 3 heterocycles. The Labute approximate surface area is 169 Å². The highest BCUT2D eigenvalue weighted by atomic mass is 32.1. The van der Waals surface area contributed by atoms with Gasteiger partial charge in [-0.15, -0.1) is 11.3 Å². The third-order valence-corrected chi connectivity index (χ3v) is 5.47. The van der Waals surface area contributed by atoms with Gasteiger partial charge in [-0.25, -0.2) is 9.97 Å². The summed E-state index contributed by atoms with van der Waals surface area (Å²) in [4.78, 5) is 19.7. The number of methoxy groups -OCH3 is 1. The molecule has 0 bridgehead atoms. The molecule has 0 radical (unpaired) electrons. The number of fused-ring (bicyclic) bond motifs is 3. The molecule has 2 aromatic carbocycles. The Morgan fingerprint density at radius 2 is 1.90 bits per heavy atom. The molecule has 0 N–H and O–H groups in total. The quantitative estimate of drug-likeness (QED) is 0.371. The van der Waals surface area contributed by atoms with E-state index >= 15 is 0 Å². The lowest BCUT2D eigenvalue weighted by Crippen LogP contribution is -1.93. The van der Waals surface area contributed by atoms with Gasteiger partial charge in [-0.3, -0.25) is 4.79 Å². The topological polar surface area (TPSA) is 74.5 Å². The summed E-state index contributed by atoms with van der Waals surface area (Å²) in [5.41, 5.74) is 3.79. The van der Waals surface area contributed by atoms with E-state index in [-0.39, 0.29) is 5.88 Å². The predicted octanol–water partition coefficient (Wildman–Crippen LogP) is 5.32. The molecule has 5 aromatic rings. The van der Waals surface area contributed by atoms with E-state index in [4.69, 9.17) is 18.9 Å². The predicted molar refractivity (Wildman–Crippen MR) is 111 cm³/mol. The molecule has 6 nitrogen and oxygen atoms in total. The smallest absolute Gasteiger partial charge is 0.299 e. The number of ether oxygens (including phenoxy) is 2. The van der Waals surface area contributed by atoms with E-state index in [1.54, 1.807) is 19.2 Å². The van der Waals surface area contributed by atoms with Crippen LogP contribution in [0.2, 0.25) is 0 Å². The third-order valence-electron chi connectivity index (χ3n) is 4.60. The second kappa shape index (κ2) is 7.03. The first-order valence-corrected chi connectivity index (χ1v) is 9.68. The molecule has 3 aromatic heterocycles. The summed E-state index contributed by atoms with van der Waals surface area (Å²) in [6.45, 7) is 0.358. The lowest BCUT2D eigenvalue weighted by Gasteiger charge is -2.04. The highest BCUT2D eigenvalue weighted by Gasteiger charge is 2.18. The molecule has 0 aliphatic heterocycles. The number of aromatic nitrogens is 2. The average Bonchev–Trinajstić information content (AvgIpc) is 3.39. The molecule has 0 amide bonds. The first kappa shape index (κ1) is 17.4. The van der Waals surface area contributed by atoms with Gasteiger partial charge in [0.2, 0.25) is 5.88 Å². The van der Waals surface area contributed by atoms with Gasteiger partial charge in [-0.05, 0) is 24.3 Å². The van der Waals surface area contributed by atoms with Crippen LogP contribution in [0.5, 0.6) is 11.6 Å². The van der Waals surface area contributed by atoms with Crippen LogP contribution in [0.4, 0.5) is 0 Å². The van der Waals surface area contributed by atoms with E-state index in [9.17, 15) is 4.79 Å². The summed E-state index contributed by atoms with van der Waals surface area (Å²) in [6, 6.07) is 17.0. The van der Waals surface area contributed by atoms with Crippen LogP contribution in [0.15, 0.2) is 64.4 Å². The van der Waals surface area contributed by atoms with Crippen molar-refractivity contribution in [2.75, 3.05) is 7.11 Å². The van der Waals surface area contributed by atoms with Crippen LogP contribution in [0.3, 0.4) is 0 Å². The minimum absolute atomic E-state index is 0.236. The maximum Gasteiger partial charge on any atom is 0.299 e. The molecular weight excluding hydrogens is 388 g/mol. The summed E-state index contributed by atoms with van der Waals surface area (Å²) in [7, 11) is 1.63. The Bertz CT molecular complexity index is 1360. The molecule has 0 aliphatic carbocycles. The fourth-order valence-corrected chi connectivity index (χ4v) is 4.18. The van der Waals surface area contributed by atoms with Gasteiger partial charge in [0, 0.05) is 27.8 Å². The van der Waals surface area contributed by atoms with Crippen molar-refractivity contribution in [3.8, 4) is 33.6 Å². The van der Waals surface area contributed by atoms with E-state index in [0.29, 0.717) is 29.2 Å². The van der Waals surface area contributed by atoms with Crippen LogP contribution in [0.1, 0.15) is 0 Å². The second-order valence-electron chi connectivity index (χ2n) is 6.23. The van der Waals surface area contributed by atoms with Gasteiger partial charge < -0.3 is 13.9 Å². The van der Waals surface area contributed by atoms with E-state index in [1.165, 1.54) is 11.3 Å². The van der Waals surface area contributed by atoms with Gasteiger partial charge in [0.25, 0.3) is 6.47 Å². The van der Waals surface area contributed by atoms with Crippen LogP contribution >= 0.6 is 11.3 Å². The molecule has 0 saturated carbocycles. The van der Waals surface area contributed by atoms with E-state index in [0.717, 1.165) is 26.9 Å². The van der Waals surface area contributed by atoms with E-state index in [1.807, 2.05) is 47.8 Å². The number of hydrogen-bond donors (Lipinski definition) is 0. The van der Waals surface area contributed by atoms with Gasteiger partial charge in [0.1, 0.15) is 16.3 Å². The standard InChI is InChI=1S/C22H14N2O4S/c1-26-18-10-9-14(20-13-5-2-3-7-17(13)28-21(18)20)22-24-16(11-29-22)15-6-4-8-19(23-15)27-12-25/h2-12H,1H3. The van der Waals surface area contributed by atoms with Gasteiger partial charge in [-0.2, -0.15) is 0 Å². The van der Waals surface area contributed by atoms with Crippen molar-refractivity contribution in [2.45, 2.75) is 0 Å². The number of rotatable bonds is 5. The van der Waals surface area contributed by atoms with Crippen molar-refractivity contribution >= 4 is 39.7 Å². The van der Waals surface area contributed by atoms with Crippen molar-refractivity contribution in [3.05, 3.63) is 60.0 Å². The molecule has 29 heavy (non-hydrogen) atoms. The number of pyridine rings is 1. The number of benzene rings is 2. The summed E-state index contributed by atoms with van der Waals surface area (Å²) in [6.07, 6.45) is 0. The number of thiazole rings is 1. The maximum atomic E-state index is 10.6. The number of nitrogens with zero attached hydrogens (tertiary/aromatic N) is 2. The van der Waals surface area contributed by atoms with Crippen molar-refractivity contribution in [1.82, 2.24) is 9.97 Å². The largest absolute Gasteiger partial charge is 0.493 e. The molecule has 0 aliphatic rings. The number of carbonyl (C=O) groups is 1. The minimum Gasteiger partial charge on any atom is -0.493 e. The summed E-state index contributed by atoms with van der Waals surface area (Å²) >= 11 is 1.51. The van der Waals surface area contributed by atoms with Crippen molar-refractivity contribution in [3.63, 3.8) is 0 Å². The molecule has 0 spiro atoms. The van der Waals surface area contributed by atoms with Crippen LogP contribution in [-0.2, 0) is 4.79 Å². The molecule has 142 valence electrons. The zero-order chi connectivity index (χ0) is 19.8. The minimum atomic E-state index is 0.236. The van der Waals surface area contributed by atoms with Crippen LogP contribution < -0.4 is 9.47 Å². The van der Waals surface area contributed by atoms with Crippen molar-refractivity contribution in [1.29, 1.82) is 0 Å². The van der Waals surface area contributed by atoms with Gasteiger partial charge in [0.15, 0.2) is 11.3 Å². The number of hydrogen-bond acceptors (Lipinski definition) is 7. The summed E-state index contributed by atoms with van der Waals surface area (Å²) in [5.74, 6) is 0.914. The van der Waals surface area contributed by atoms with Gasteiger partial charge in [0.05, 0.1) is 12.8 Å². The Morgan fingerprint density at radius 1 is 1.00 bits per heavy atom. The Kier molecular flexibility index (Phi) is 4.22. The molecule has 5 rings (SSSR count). The molecular formula is C22H14N2O4S. The molecule has 0 atom stereocenters. The van der Waals surface area contributed by atoms with E-state index in [2.05, 4.69) is 4.98 Å². The van der Waals surface area contributed by atoms with Crippen molar-refractivity contribution < 1.29 is 18.7 Å². The Balaban J connectivity index is 1.67. The van der Waals surface area contributed by atoms with Crippen LogP contribution in [0.25, 0.3) is 43.9 Å². The normalized spacial score (nSPS) is 11.1. The summed E-state index contributed by atoms with van der Waals surface area (Å²) < 4.78 is 16.4. The van der Waals surface area contributed by atoms with E-state index < -0.39 is 0 Å². The number of furan rings is 1. The monoisotopic (exact) mass is 402 g/mol. The average molecular weight is 402 g/mol. The lowest BCUT2D eigenvalue weighted by molar-refractivity contribution is -0.120. The first-order valence-electron chi connectivity index (χ1n) is 8.80. The molecule has 7 heteroatoms. The molecule has 0 unspecified atom stereocenters. The highest BCUT2D eigenvalue weighted by Crippen LogP contribution is 2.42. The second-order valence-corrected chi connectivity index (χ2v) is 7.09. The SMILES string of the molecule is COc1ccc(-c2nc(-c3cccc(OC=O)n3)cs2)c2c1oc1ccccc12. The number of carbonyl (C=O) groups excluding carboxylic acids is 1. The van der Waals surface area contributed by atoms with Crippen LogP contribution in [-0.4, -0.2) is 23.5 Å². The maximum absolute atomic E-state index is 10.6. The Hall–Kier alpha value is -3.71. The highest BCUT2D eigenvalue weighted by molar-refractivity contribution is 7.13. The van der Waals surface area contributed by atoms with Gasteiger partial charge >= 0.3 is 0 Å². The zero-order valence-corrected chi connectivity index (χ0v) is 16.1. The first-order chi connectivity index (χ1) is 14.3. The lowest BCUT2D eigenvalue weighted by atomic mass is 10.1. The fourth-order valence-electron chi connectivity index (χ4n) is 3.33. The molecule has 0 saturated heterocycles. The summed E-state index contributed by atoms with van der Waals surface area (Å²) in [5, 5.41) is 4.74. The zero-order valence-electron chi connectivity index (χ0n) is 15.3.